The molecule has 3 saturated heterocycles. The lowest BCUT2D eigenvalue weighted by Crippen LogP contribution is -2.50. The number of hydrogen-bond donors (Lipinski definition) is 0. The summed E-state index contributed by atoms with van der Waals surface area (Å²) < 4.78 is 33.4. The van der Waals surface area contributed by atoms with E-state index in [4.69, 9.17) is 4.74 Å². The molecule has 28 heavy (non-hydrogen) atoms. The van der Waals surface area contributed by atoms with Crippen LogP contribution in [-0.2, 0) is 9.53 Å². The van der Waals surface area contributed by atoms with Crippen molar-refractivity contribution < 1.29 is 18.3 Å². The maximum Gasteiger partial charge on any atom is 0.257 e. The molecule has 7 heteroatoms. The van der Waals surface area contributed by atoms with Crippen molar-refractivity contribution in [1.82, 2.24) is 9.88 Å². The standard InChI is InChI=1S/C21H21F2N3O2/c22-15-3-1-2-14(12-15)17-4-5-19-26(17)20(27)21(28-19)7-10-25(11-8-21)18-13-16(23)6-9-24-18/h1-3,6,9,12-13,17,19H,4-5,7-8,10-11H2/t17-,19+/m0/s1. The predicted octanol–water partition coefficient (Wildman–Crippen LogP) is 3.42. The Kier molecular flexibility index (Phi) is 4.08. The van der Waals surface area contributed by atoms with E-state index in [1.165, 1.54) is 30.5 Å². The highest BCUT2D eigenvalue weighted by atomic mass is 19.1. The van der Waals surface area contributed by atoms with Crippen molar-refractivity contribution in [3.05, 3.63) is 59.8 Å². The Labute approximate surface area is 161 Å². The van der Waals surface area contributed by atoms with Gasteiger partial charge in [0.2, 0.25) is 0 Å². The second kappa shape index (κ2) is 6.51. The average Bonchev–Trinajstić information content (AvgIpc) is 3.21. The molecule has 1 amide bonds. The molecule has 2 aromatic rings. The number of ether oxygens (including phenoxy) is 1. The van der Waals surface area contributed by atoms with E-state index >= 15 is 0 Å². The molecule has 1 aromatic heterocycles. The van der Waals surface area contributed by atoms with Crippen molar-refractivity contribution in [2.45, 2.75) is 43.6 Å². The Balaban J connectivity index is 1.34. The number of hydrogen-bond acceptors (Lipinski definition) is 4. The quantitative estimate of drug-likeness (QED) is 0.795. The monoisotopic (exact) mass is 385 g/mol. The van der Waals surface area contributed by atoms with Crippen LogP contribution in [0, 0.1) is 11.6 Å². The summed E-state index contributed by atoms with van der Waals surface area (Å²) in [6, 6.07) is 9.05. The Morgan fingerprint density at radius 2 is 1.86 bits per heavy atom. The van der Waals surface area contributed by atoms with Crippen LogP contribution in [0.5, 0.6) is 0 Å². The molecular weight excluding hydrogens is 364 g/mol. The fraction of sp³-hybridized carbons (Fsp3) is 0.429. The molecule has 0 unspecified atom stereocenters. The summed E-state index contributed by atoms with van der Waals surface area (Å²) in [6.07, 6.45) is 3.80. The van der Waals surface area contributed by atoms with Gasteiger partial charge >= 0.3 is 0 Å². The number of aromatic nitrogens is 1. The van der Waals surface area contributed by atoms with Gasteiger partial charge in [-0.05, 0) is 36.6 Å². The summed E-state index contributed by atoms with van der Waals surface area (Å²) in [6.45, 7) is 1.15. The molecule has 0 aliphatic carbocycles. The van der Waals surface area contributed by atoms with Crippen LogP contribution >= 0.6 is 0 Å². The van der Waals surface area contributed by atoms with E-state index in [-0.39, 0.29) is 29.8 Å². The molecule has 0 N–H and O–H groups in total. The molecule has 4 heterocycles. The van der Waals surface area contributed by atoms with Gasteiger partial charge in [0.25, 0.3) is 5.91 Å². The first kappa shape index (κ1) is 17.6. The van der Waals surface area contributed by atoms with Gasteiger partial charge in [0.15, 0.2) is 5.60 Å². The molecule has 0 saturated carbocycles. The van der Waals surface area contributed by atoms with Crippen LogP contribution in [0.1, 0.15) is 37.3 Å². The lowest BCUT2D eigenvalue weighted by Gasteiger charge is -2.38. The molecule has 3 aliphatic rings. The number of benzene rings is 1. The molecular formula is C21H21F2N3O2. The van der Waals surface area contributed by atoms with Crippen LogP contribution in [0.4, 0.5) is 14.6 Å². The van der Waals surface area contributed by atoms with Gasteiger partial charge in [0.05, 0.1) is 6.04 Å². The fourth-order valence-corrected chi connectivity index (χ4v) is 4.75. The van der Waals surface area contributed by atoms with Gasteiger partial charge in [-0.25, -0.2) is 13.8 Å². The van der Waals surface area contributed by atoms with Crippen molar-refractivity contribution in [3.8, 4) is 0 Å². The first-order chi connectivity index (χ1) is 13.6. The SMILES string of the molecule is O=C1N2[C@@H](CC[C@H]2c2cccc(F)c2)OC12CCN(c1cc(F)ccn1)CC2. The Bertz CT molecular complexity index is 914. The topological polar surface area (TPSA) is 45.7 Å². The number of carbonyl (C=O) groups excluding carboxylic acids is 1. The van der Waals surface area contributed by atoms with E-state index in [1.807, 2.05) is 15.9 Å². The smallest absolute Gasteiger partial charge is 0.257 e. The van der Waals surface area contributed by atoms with Crippen LogP contribution < -0.4 is 4.90 Å². The van der Waals surface area contributed by atoms with Crippen LogP contribution in [0.25, 0.3) is 0 Å². The highest BCUT2D eigenvalue weighted by Gasteiger charge is 2.58. The summed E-state index contributed by atoms with van der Waals surface area (Å²) in [5.74, 6) is -0.0364. The third-order valence-corrected chi connectivity index (χ3v) is 6.16. The first-order valence-electron chi connectivity index (χ1n) is 9.68. The number of halogens is 2. The summed E-state index contributed by atoms with van der Waals surface area (Å²) >= 11 is 0. The zero-order chi connectivity index (χ0) is 19.3. The molecule has 1 spiro atoms. The molecule has 3 aliphatic heterocycles. The number of pyridine rings is 1. The van der Waals surface area contributed by atoms with Crippen LogP contribution in [-0.4, -0.2) is 40.7 Å². The minimum Gasteiger partial charge on any atom is -0.356 e. The summed E-state index contributed by atoms with van der Waals surface area (Å²) in [4.78, 5) is 21.4. The van der Waals surface area contributed by atoms with Crippen molar-refractivity contribution in [1.29, 1.82) is 0 Å². The van der Waals surface area contributed by atoms with E-state index < -0.39 is 5.60 Å². The van der Waals surface area contributed by atoms with E-state index in [0.717, 1.165) is 18.4 Å². The Morgan fingerprint density at radius 1 is 1.07 bits per heavy atom. The van der Waals surface area contributed by atoms with E-state index in [1.54, 1.807) is 6.07 Å². The molecule has 1 aromatic carbocycles. The molecule has 5 rings (SSSR count). The van der Waals surface area contributed by atoms with Gasteiger partial charge in [0, 0.05) is 38.2 Å². The van der Waals surface area contributed by atoms with Gasteiger partial charge < -0.3 is 14.5 Å². The lowest BCUT2D eigenvalue weighted by molar-refractivity contribution is -0.140. The number of nitrogens with zero attached hydrogens (tertiary/aromatic N) is 3. The second-order valence-electron chi connectivity index (χ2n) is 7.75. The van der Waals surface area contributed by atoms with E-state index in [9.17, 15) is 13.6 Å². The third-order valence-electron chi connectivity index (χ3n) is 6.16. The average molecular weight is 385 g/mol. The number of rotatable bonds is 2. The lowest BCUT2D eigenvalue weighted by atomic mass is 9.89. The Hall–Kier alpha value is -2.54. The van der Waals surface area contributed by atoms with Crippen molar-refractivity contribution >= 4 is 11.7 Å². The van der Waals surface area contributed by atoms with E-state index in [0.29, 0.717) is 31.7 Å². The minimum absolute atomic E-state index is 0.00360. The molecule has 3 fully saturated rings. The highest BCUT2D eigenvalue weighted by Crippen LogP contribution is 2.47. The molecule has 146 valence electrons. The second-order valence-corrected chi connectivity index (χ2v) is 7.75. The normalized spacial score (nSPS) is 26.1. The van der Waals surface area contributed by atoms with Crippen molar-refractivity contribution in [2.24, 2.45) is 0 Å². The minimum atomic E-state index is -0.833. The number of amides is 1. The molecule has 0 radical (unpaired) electrons. The largest absolute Gasteiger partial charge is 0.356 e. The van der Waals surface area contributed by atoms with Crippen molar-refractivity contribution in [2.75, 3.05) is 18.0 Å². The van der Waals surface area contributed by atoms with Gasteiger partial charge in [-0.15, -0.1) is 0 Å². The maximum atomic E-state index is 13.7. The van der Waals surface area contributed by atoms with Crippen LogP contribution in [0.15, 0.2) is 42.6 Å². The number of carbonyl (C=O) groups is 1. The maximum absolute atomic E-state index is 13.7. The van der Waals surface area contributed by atoms with E-state index in [2.05, 4.69) is 4.98 Å². The molecule has 5 nitrogen and oxygen atoms in total. The number of piperidine rings is 1. The summed E-state index contributed by atoms with van der Waals surface area (Å²) in [7, 11) is 0. The third kappa shape index (κ3) is 2.76. The van der Waals surface area contributed by atoms with Crippen LogP contribution in [0.2, 0.25) is 0 Å². The highest BCUT2D eigenvalue weighted by molar-refractivity contribution is 5.88. The van der Waals surface area contributed by atoms with Crippen LogP contribution in [0.3, 0.4) is 0 Å². The Morgan fingerprint density at radius 3 is 2.61 bits per heavy atom. The summed E-state index contributed by atoms with van der Waals surface area (Å²) in [5, 5.41) is 0. The molecule has 2 atom stereocenters. The van der Waals surface area contributed by atoms with Crippen molar-refractivity contribution in [3.63, 3.8) is 0 Å². The zero-order valence-electron chi connectivity index (χ0n) is 15.4. The summed E-state index contributed by atoms with van der Waals surface area (Å²) in [5.41, 5.74) is -0.0154. The van der Waals surface area contributed by atoms with Gasteiger partial charge in [-0.1, -0.05) is 12.1 Å². The van der Waals surface area contributed by atoms with Gasteiger partial charge in [-0.3, -0.25) is 4.79 Å². The molecule has 0 bridgehead atoms. The zero-order valence-corrected chi connectivity index (χ0v) is 15.4. The fourth-order valence-electron chi connectivity index (χ4n) is 4.75. The van der Waals surface area contributed by atoms with Gasteiger partial charge in [0.1, 0.15) is 23.7 Å². The first-order valence-corrected chi connectivity index (χ1v) is 9.68. The predicted molar refractivity (Wildman–Crippen MR) is 98.5 cm³/mol. The van der Waals surface area contributed by atoms with Gasteiger partial charge in [-0.2, -0.15) is 0 Å². The number of anilines is 1. The number of fused-ring (bicyclic) bond motifs is 1.